The van der Waals surface area contributed by atoms with Crippen LogP contribution in [-0.4, -0.2) is 8.07 Å². The average molecular weight is 158 g/mol. The lowest BCUT2D eigenvalue weighted by molar-refractivity contribution is 0.685. The highest BCUT2D eigenvalue weighted by atomic mass is 28.3. The summed E-state index contributed by atoms with van der Waals surface area (Å²) >= 11 is 0. The smallest absolute Gasteiger partial charge is 0.0471 e. The van der Waals surface area contributed by atoms with E-state index in [9.17, 15) is 0 Å². The van der Waals surface area contributed by atoms with E-state index >= 15 is 0 Å². The van der Waals surface area contributed by atoms with Gasteiger partial charge < -0.3 is 0 Å². The molecule has 0 aliphatic rings. The lowest BCUT2D eigenvalue weighted by Crippen LogP contribution is -2.25. The zero-order valence-electron chi connectivity index (χ0n) is 8.20. The number of hydrogen-bond donors (Lipinski definition) is 0. The van der Waals surface area contributed by atoms with Gasteiger partial charge in [-0.1, -0.05) is 52.8 Å². The van der Waals surface area contributed by atoms with E-state index in [-0.39, 0.29) is 0 Å². The molecule has 0 aromatic heterocycles. The topological polar surface area (TPSA) is 0 Å². The van der Waals surface area contributed by atoms with E-state index in [0.29, 0.717) is 0 Å². The number of hydrogen-bond acceptors (Lipinski definition) is 0. The molecule has 1 atom stereocenters. The molecule has 1 unspecified atom stereocenters. The Morgan fingerprint density at radius 3 is 2.00 bits per heavy atom. The van der Waals surface area contributed by atoms with E-state index in [4.69, 9.17) is 0 Å². The van der Waals surface area contributed by atoms with Crippen LogP contribution in [0.4, 0.5) is 0 Å². The predicted molar refractivity (Wildman–Crippen MR) is 52.3 cm³/mol. The van der Waals surface area contributed by atoms with Crippen LogP contribution >= 0.6 is 0 Å². The summed E-state index contributed by atoms with van der Waals surface area (Å²) in [7, 11) is -0.798. The standard InChI is InChI=1S/C9H22Si/c1-6-7-8-9(2)10(3,4)5/h9H,6-8H2,1-5H3. The van der Waals surface area contributed by atoms with Gasteiger partial charge in [-0.2, -0.15) is 0 Å². The second kappa shape index (κ2) is 4.17. The molecule has 0 aliphatic heterocycles. The minimum atomic E-state index is -0.798. The third-order valence-corrected chi connectivity index (χ3v) is 5.71. The first-order valence-corrected chi connectivity index (χ1v) is 8.06. The van der Waals surface area contributed by atoms with Gasteiger partial charge in [0.2, 0.25) is 0 Å². The first-order valence-electron chi connectivity index (χ1n) is 4.48. The number of unbranched alkanes of at least 4 members (excludes halogenated alkanes) is 1. The van der Waals surface area contributed by atoms with E-state index in [1.165, 1.54) is 19.3 Å². The Morgan fingerprint density at radius 2 is 1.70 bits per heavy atom. The molecule has 0 saturated carbocycles. The van der Waals surface area contributed by atoms with E-state index in [1.54, 1.807) is 0 Å². The molecule has 10 heavy (non-hydrogen) atoms. The molecule has 0 nitrogen and oxygen atoms in total. The van der Waals surface area contributed by atoms with Crippen molar-refractivity contribution in [2.75, 3.05) is 0 Å². The van der Waals surface area contributed by atoms with Crippen LogP contribution in [0.15, 0.2) is 0 Å². The van der Waals surface area contributed by atoms with Crippen molar-refractivity contribution in [3.8, 4) is 0 Å². The molecule has 0 radical (unpaired) electrons. The summed E-state index contributed by atoms with van der Waals surface area (Å²) in [6.45, 7) is 12.1. The van der Waals surface area contributed by atoms with Gasteiger partial charge in [-0.15, -0.1) is 0 Å². The van der Waals surface area contributed by atoms with Gasteiger partial charge in [-0.3, -0.25) is 0 Å². The average Bonchev–Trinajstić information content (AvgIpc) is 1.80. The van der Waals surface area contributed by atoms with Gasteiger partial charge in [-0.05, 0) is 5.54 Å². The van der Waals surface area contributed by atoms with Crippen LogP contribution in [0, 0.1) is 0 Å². The Kier molecular flexibility index (Phi) is 4.26. The van der Waals surface area contributed by atoms with Crippen LogP contribution in [0.1, 0.15) is 33.1 Å². The third-order valence-electron chi connectivity index (χ3n) is 2.47. The van der Waals surface area contributed by atoms with Crippen molar-refractivity contribution in [1.29, 1.82) is 0 Å². The molecule has 0 N–H and O–H groups in total. The minimum Gasteiger partial charge on any atom is -0.0694 e. The van der Waals surface area contributed by atoms with Crippen molar-refractivity contribution in [2.24, 2.45) is 0 Å². The van der Waals surface area contributed by atoms with Crippen LogP contribution < -0.4 is 0 Å². The van der Waals surface area contributed by atoms with E-state index < -0.39 is 8.07 Å². The maximum absolute atomic E-state index is 2.47. The molecule has 0 aromatic carbocycles. The molecule has 0 fully saturated rings. The molecule has 0 aromatic rings. The fourth-order valence-corrected chi connectivity index (χ4v) is 2.01. The highest BCUT2D eigenvalue weighted by Crippen LogP contribution is 2.26. The Balaban J connectivity index is 3.52. The van der Waals surface area contributed by atoms with E-state index in [2.05, 4.69) is 33.5 Å². The molecule has 1 heteroatoms. The largest absolute Gasteiger partial charge is 0.0694 e. The van der Waals surface area contributed by atoms with Gasteiger partial charge in [0, 0.05) is 8.07 Å². The fourth-order valence-electron chi connectivity index (χ4n) is 0.943. The van der Waals surface area contributed by atoms with Crippen LogP contribution in [-0.2, 0) is 0 Å². The van der Waals surface area contributed by atoms with Crippen molar-refractivity contribution >= 4 is 8.07 Å². The normalized spacial score (nSPS) is 15.3. The SMILES string of the molecule is CCCCC(C)[Si](C)(C)C. The Hall–Kier alpha value is 0.217. The Bertz CT molecular complexity index is 81.2. The first-order chi connectivity index (χ1) is 4.48. The summed E-state index contributed by atoms with van der Waals surface area (Å²) in [5, 5.41) is 0. The number of rotatable bonds is 4. The van der Waals surface area contributed by atoms with Gasteiger partial charge >= 0.3 is 0 Å². The predicted octanol–water partition coefficient (Wildman–Crippen LogP) is 3.90. The molecule has 0 spiro atoms. The first kappa shape index (κ1) is 10.2. The molecular weight excluding hydrogens is 136 g/mol. The quantitative estimate of drug-likeness (QED) is 0.544. The zero-order valence-corrected chi connectivity index (χ0v) is 9.20. The van der Waals surface area contributed by atoms with E-state index in [0.717, 1.165) is 5.54 Å². The highest BCUT2D eigenvalue weighted by Gasteiger charge is 2.20. The van der Waals surface area contributed by atoms with Gasteiger partial charge in [-0.25, -0.2) is 0 Å². The second-order valence-corrected chi connectivity index (χ2v) is 10.1. The molecule has 0 heterocycles. The fraction of sp³-hybridized carbons (Fsp3) is 1.00. The lowest BCUT2D eigenvalue weighted by atomic mass is 10.2. The zero-order chi connectivity index (χ0) is 8.20. The summed E-state index contributed by atoms with van der Waals surface area (Å²) in [6.07, 6.45) is 4.23. The maximum Gasteiger partial charge on any atom is 0.0471 e. The third kappa shape index (κ3) is 4.10. The van der Waals surface area contributed by atoms with E-state index in [1.807, 2.05) is 0 Å². The molecule has 0 bridgehead atoms. The van der Waals surface area contributed by atoms with Gasteiger partial charge in [0.15, 0.2) is 0 Å². The summed E-state index contributed by atoms with van der Waals surface area (Å²) in [5.74, 6) is 0. The van der Waals surface area contributed by atoms with Gasteiger partial charge in [0.05, 0.1) is 0 Å². The van der Waals surface area contributed by atoms with Crippen LogP contribution in [0.2, 0.25) is 25.2 Å². The van der Waals surface area contributed by atoms with Crippen molar-refractivity contribution in [2.45, 2.75) is 58.3 Å². The molecule has 0 rings (SSSR count). The van der Waals surface area contributed by atoms with Crippen LogP contribution in [0.3, 0.4) is 0 Å². The summed E-state index contributed by atoms with van der Waals surface area (Å²) in [6, 6.07) is 0. The maximum atomic E-state index is 2.47. The van der Waals surface area contributed by atoms with Gasteiger partial charge in [0.25, 0.3) is 0 Å². The summed E-state index contributed by atoms with van der Waals surface area (Å²) in [5.41, 5.74) is 1.01. The summed E-state index contributed by atoms with van der Waals surface area (Å²) < 4.78 is 0. The van der Waals surface area contributed by atoms with Crippen LogP contribution in [0.5, 0.6) is 0 Å². The Morgan fingerprint density at radius 1 is 1.20 bits per heavy atom. The molecule has 0 amide bonds. The van der Waals surface area contributed by atoms with Crippen LogP contribution in [0.25, 0.3) is 0 Å². The van der Waals surface area contributed by atoms with Crippen molar-refractivity contribution < 1.29 is 0 Å². The molecular formula is C9H22Si. The molecule has 62 valence electrons. The lowest BCUT2D eigenvalue weighted by Gasteiger charge is -2.24. The monoisotopic (exact) mass is 158 g/mol. The van der Waals surface area contributed by atoms with Crippen molar-refractivity contribution in [3.63, 3.8) is 0 Å². The highest BCUT2D eigenvalue weighted by molar-refractivity contribution is 6.77. The Labute approximate surface area is 67.0 Å². The molecule has 0 saturated heterocycles. The summed E-state index contributed by atoms with van der Waals surface area (Å²) in [4.78, 5) is 0. The second-order valence-electron chi connectivity index (χ2n) is 4.41. The minimum absolute atomic E-state index is 0.798. The van der Waals surface area contributed by atoms with Gasteiger partial charge in [0.1, 0.15) is 0 Å². The molecule has 0 aliphatic carbocycles. The van der Waals surface area contributed by atoms with Crippen molar-refractivity contribution in [3.05, 3.63) is 0 Å². The van der Waals surface area contributed by atoms with Crippen molar-refractivity contribution in [1.82, 2.24) is 0 Å².